The van der Waals surface area contributed by atoms with Crippen molar-refractivity contribution in [3.05, 3.63) is 40.4 Å². The summed E-state index contributed by atoms with van der Waals surface area (Å²) in [6.07, 6.45) is 2.96. The molecule has 1 rings (SSSR count). The molecule has 1 aromatic carbocycles. The van der Waals surface area contributed by atoms with E-state index in [9.17, 15) is 4.79 Å². The second-order valence-corrected chi connectivity index (χ2v) is 3.61. The highest BCUT2D eigenvalue weighted by Crippen LogP contribution is 2.16. The summed E-state index contributed by atoms with van der Waals surface area (Å²) in [5.41, 5.74) is 5.89. The van der Waals surface area contributed by atoms with Crippen molar-refractivity contribution in [3.8, 4) is 0 Å². The zero-order valence-electron chi connectivity index (χ0n) is 7.83. The van der Waals surface area contributed by atoms with Crippen molar-refractivity contribution in [2.45, 2.75) is 0 Å². The van der Waals surface area contributed by atoms with E-state index in [1.54, 1.807) is 6.08 Å². The number of guanidine groups is 1. The van der Waals surface area contributed by atoms with E-state index < -0.39 is 5.91 Å². The molecule has 0 aromatic heterocycles. The van der Waals surface area contributed by atoms with Gasteiger partial charge in [0.15, 0.2) is 5.96 Å². The van der Waals surface area contributed by atoms with Gasteiger partial charge in [-0.2, -0.15) is 0 Å². The average Bonchev–Trinajstić information content (AvgIpc) is 2.15. The van der Waals surface area contributed by atoms with Gasteiger partial charge in [-0.1, -0.05) is 34.1 Å². The van der Waals surface area contributed by atoms with Gasteiger partial charge in [0.1, 0.15) is 0 Å². The molecule has 4 nitrogen and oxygen atoms in total. The van der Waals surface area contributed by atoms with Gasteiger partial charge < -0.3 is 5.73 Å². The molecule has 0 bridgehead atoms. The van der Waals surface area contributed by atoms with Crippen LogP contribution in [0, 0.1) is 5.41 Å². The second-order valence-electron chi connectivity index (χ2n) is 2.76. The van der Waals surface area contributed by atoms with E-state index >= 15 is 0 Å². The van der Waals surface area contributed by atoms with E-state index in [0.29, 0.717) is 0 Å². The van der Waals surface area contributed by atoms with Crippen LogP contribution in [0.5, 0.6) is 0 Å². The van der Waals surface area contributed by atoms with Crippen LogP contribution < -0.4 is 11.1 Å². The van der Waals surface area contributed by atoms with Crippen molar-refractivity contribution in [3.63, 3.8) is 0 Å². The SMILES string of the molecule is N=C(N)NC(=O)C=Cc1ccccc1Br. The summed E-state index contributed by atoms with van der Waals surface area (Å²) in [4.78, 5) is 11.1. The highest BCUT2D eigenvalue weighted by molar-refractivity contribution is 9.10. The van der Waals surface area contributed by atoms with Crippen LogP contribution in [0.4, 0.5) is 0 Å². The van der Waals surface area contributed by atoms with E-state index in [1.165, 1.54) is 6.08 Å². The van der Waals surface area contributed by atoms with Crippen molar-refractivity contribution in [1.82, 2.24) is 5.32 Å². The smallest absolute Gasteiger partial charge is 0.250 e. The number of rotatable bonds is 2. The third-order valence-electron chi connectivity index (χ3n) is 1.58. The lowest BCUT2D eigenvalue weighted by molar-refractivity contribution is -0.115. The number of carbonyl (C=O) groups is 1. The number of benzene rings is 1. The zero-order valence-corrected chi connectivity index (χ0v) is 9.41. The summed E-state index contributed by atoms with van der Waals surface area (Å²) in [6, 6.07) is 7.49. The van der Waals surface area contributed by atoms with E-state index in [0.717, 1.165) is 10.0 Å². The first-order valence-corrected chi connectivity index (χ1v) is 4.96. The molecule has 78 valence electrons. The van der Waals surface area contributed by atoms with Crippen molar-refractivity contribution in [2.24, 2.45) is 5.73 Å². The molecule has 0 heterocycles. The molecule has 0 fully saturated rings. The number of nitrogens with one attached hydrogen (secondary N) is 2. The molecule has 15 heavy (non-hydrogen) atoms. The molecule has 0 aliphatic rings. The maximum atomic E-state index is 11.1. The van der Waals surface area contributed by atoms with E-state index in [1.807, 2.05) is 24.3 Å². The van der Waals surface area contributed by atoms with Gasteiger partial charge in [-0.05, 0) is 17.7 Å². The van der Waals surface area contributed by atoms with Crippen molar-refractivity contribution < 1.29 is 4.79 Å². The first-order valence-electron chi connectivity index (χ1n) is 4.17. The van der Waals surface area contributed by atoms with Crippen LogP contribution in [0.1, 0.15) is 5.56 Å². The Hall–Kier alpha value is -1.62. The zero-order chi connectivity index (χ0) is 11.3. The summed E-state index contributed by atoms with van der Waals surface area (Å²) >= 11 is 3.35. The lowest BCUT2D eigenvalue weighted by atomic mass is 10.2. The summed E-state index contributed by atoms with van der Waals surface area (Å²) in [6.45, 7) is 0. The molecular formula is C10H10BrN3O. The topological polar surface area (TPSA) is 79.0 Å². The molecule has 5 heteroatoms. The fourth-order valence-corrected chi connectivity index (χ4v) is 1.37. The predicted octanol–water partition coefficient (Wildman–Crippen LogP) is 1.47. The predicted molar refractivity (Wildman–Crippen MR) is 63.2 cm³/mol. The minimum absolute atomic E-state index is 0.364. The Morgan fingerprint density at radius 3 is 2.73 bits per heavy atom. The summed E-state index contributed by atoms with van der Waals surface area (Å²) < 4.78 is 0.900. The van der Waals surface area contributed by atoms with Gasteiger partial charge in [0.25, 0.3) is 5.91 Å². The number of halogens is 1. The first-order chi connectivity index (χ1) is 7.09. The molecule has 1 aromatic rings. The Labute approximate surface area is 95.8 Å². The molecule has 0 radical (unpaired) electrons. The maximum absolute atomic E-state index is 11.1. The molecule has 0 aliphatic carbocycles. The fourth-order valence-electron chi connectivity index (χ4n) is 0.950. The standard InChI is InChI=1S/C10H10BrN3O/c11-8-4-2-1-3-7(8)5-6-9(15)14-10(12)13/h1-6H,(H4,12,13,14,15). The highest BCUT2D eigenvalue weighted by atomic mass is 79.9. The average molecular weight is 268 g/mol. The Morgan fingerprint density at radius 1 is 1.47 bits per heavy atom. The van der Waals surface area contributed by atoms with Gasteiger partial charge in [0.2, 0.25) is 0 Å². The van der Waals surface area contributed by atoms with E-state index in [-0.39, 0.29) is 5.96 Å². The van der Waals surface area contributed by atoms with Gasteiger partial charge in [0, 0.05) is 10.5 Å². The molecule has 0 saturated carbocycles. The van der Waals surface area contributed by atoms with Crippen molar-refractivity contribution in [2.75, 3.05) is 0 Å². The van der Waals surface area contributed by atoms with Gasteiger partial charge in [-0.3, -0.25) is 15.5 Å². The number of hydrogen-bond donors (Lipinski definition) is 3. The molecule has 0 saturated heterocycles. The summed E-state index contributed by atoms with van der Waals surface area (Å²) in [5, 5.41) is 9.01. The Bertz CT molecular complexity index is 415. The molecule has 0 spiro atoms. The lowest BCUT2D eigenvalue weighted by Crippen LogP contribution is -2.34. The fraction of sp³-hybridized carbons (Fsp3) is 0. The van der Waals surface area contributed by atoms with Crippen molar-refractivity contribution >= 4 is 33.9 Å². The van der Waals surface area contributed by atoms with Gasteiger partial charge >= 0.3 is 0 Å². The van der Waals surface area contributed by atoms with Crippen molar-refractivity contribution in [1.29, 1.82) is 5.41 Å². The number of hydrogen-bond acceptors (Lipinski definition) is 2. The molecular weight excluding hydrogens is 258 g/mol. The van der Waals surface area contributed by atoms with Gasteiger partial charge in [0.05, 0.1) is 0 Å². The number of amides is 1. The molecule has 4 N–H and O–H groups in total. The highest BCUT2D eigenvalue weighted by Gasteiger charge is 1.97. The van der Waals surface area contributed by atoms with Gasteiger partial charge in [-0.15, -0.1) is 0 Å². The minimum Gasteiger partial charge on any atom is -0.370 e. The minimum atomic E-state index is -0.418. The van der Waals surface area contributed by atoms with E-state index in [4.69, 9.17) is 11.1 Å². The van der Waals surface area contributed by atoms with Crippen LogP contribution in [0.25, 0.3) is 6.08 Å². The largest absolute Gasteiger partial charge is 0.370 e. The van der Waals surface area contributed by atoms with Crippen LogP contribution >= 0.6 is 15.9 Å². The Balaban J connectivity index is 2.70. The van der Waals surface area contributed by atoms with Crippen LogP contribution in [0.2, 0.25) is 0 Å². The number of carbonyl (C=O) groups excluding carboxylic acids is 1. The molecule has 1 amide bonds. The normalized spacial score (nSPS) is 10.2. The third kappa shape index (κ3) is 3.95. The number of nitrogens with two attached hydrogens (primary N) is 1. The van der Waals surface area contributed by atoms with E-state index in [2.05, 4.69) is 21.2 Å². The summed E-state index contributed by atoms with van der Waals surface area (Å²) in [7, 11) is 0. The van der Waals surface area contributed by atoms with Crippen LogP contribution in [-0.2, 0) is 4.79 Å². The quantitative estimate of drug-likeness (QED) is 0.431. The monoisotopic (exact) mass is 267 g/mol. The summed E-state index contributed by atoms with van der Waals surface area (Å²) in [5.74, 6) is -0.782. The van der Waals surface area contributed by atoms with Gasteiger partial charge in [-0.25, -0.2) is 0 Å². The lowest BCUT2D eigenvalue weighted by Gasteiger charge is -1.98. The van der Waals surface area contributed by atoms with Crippen LogP contribution in [-0.4, -0.2) is 11.9 Å². The van der Waals surface area contributed by atoms with Crippen LogP contribution in [0.15, 0.2) is 34.8 Å². The second kappa shape index (κ2) is 5.31. The molecule has 0 unspecified atom stereocenters. The molecule has 0 atom stereocenters. The Morgan fingerprint density at radius 2 is 2.13 bits per heavy atom. The third-order valence-corrected chi connectivity index (χ3v) is 2.30. The molecule has 0 aliphatic heterocycles. The maximum Gasteiger partial charge on any atom is 0.250 e. The first kappa shape index (κ1) is 11.5. The Kier molecular flexibility index (Phi) is 4.05. The van der Waals surface area contributed by atoms with Crippen LogP contribution in [0.3, 0.4) is 0 Å².